The van der Waals surface area contributed by atoms with Gasteiger partial charge in [0.15, 0.2) is 0 Å². The van der Waals surface area contributed by atoms with E-state index in [9.17, 15) is 4.39 Å². The van der Waals surface area contributed by atoms with Gasteiger partial charge in [0, 0.05) is 52.0 Å². The standard InChI is InChI=1S/C27H32FN3S/c1-5-12-30-15-19(16-30)14-20-10-11-24(32-20)26-25-22(21-8-6-7-9-23(21)29-25)13-18(2)31(26)17-27(3,4)28/h1,6-11,18-19,26,29H,12-17H2,2-4H3/t18-,26-/m1/s1. The zero-order chi connectivity index (χ0) is 22.5. The van der Waals surface area contributed by atoms with Crippen LogP contribution in [0, 0.1) is 18.3 Å². The van der Waals surface area contributed by atoms with E-state index in [0.29, 0.717) is 12.5 Å². The topological polar surface area (TPSA) is 22.3 Å². The van der Waals surface area contributed by atoms with Gasteiger partial charge in [-0.15, -0.1) is 17.8 Å². The highest BCUT2D eigenvalue weighted by atomic mass is 32.1. The van der Waals surface area contributed by atoms with E-state index in [-0.39, 0.29) is 12.1 Å². The summed E-state index contributed by atoms with van der Waals surface area (Å²) in [6.07, 6.45) is 7.47. The first-order valence-corrected chi connectivity index (χ1v) is 12.4. The lowest BCUT2D eigenvalue weighted by molar-refractivity contribution is 0.0679. The van der Waals surface area contributed by atoms with Gasteiger partial charge in [0.05, 0.1) is 12.6 Å². The number of nitrogens with zero attached hydrogens (tertiary/aromatic N) is 2. The lowest BCUT2D eigenvalue weighted by Gasteiger charge is -2.42. The molecule has 2 atom stereocenters. The molecule has 5 heteroatoms. The average Bonchev–Trinajstić information content (AvgIpc) is 3.30. The fourth-order valence-corrected chi connectivity index (χ4v) is 6.75. The molecule has 0 bridgehead atoms. The van der Waals surface area contributed by atoms with Gasteiger partial charge in [-0.1, -0.05) is 24.1 Å². The van der Waals surface area contributed by atoms with E-state index in [4.69, 9.17) is 6.42 Å². The predicted molar refractivity (Wildman–Crippen MR) is 132 cm³/mol. The van der Waals surface area contributed by atoms with E-state index in [2.05, 4.69) is 64.0 Å². The van der Waals surface area contributed by atoms with E-state index in [1.54, 1.807) is 13.8 Å². The van der Waals surface area contributed by atoms with Crippen LogP contribution in [-0.4, -0.2) is 52.7 Å². The van der Waals surface area contributed by atoms with E-state index >= 15 is 0 Å². The first-order chi connectivity index (χ1) is 15.3. The molecule has 1 saturated heterocycles. The molecule has 32 heavy (non-hydrogen) atoms. The molecule has 2 aliphatic rings. The van der Waals surface area contributed by atoms with E-state index in [0.717, 1.165) is 32.5 Å². The quantitative estimate of drug-likeness (QED) is 0.508. The maximum Gasteiger partial charge on any atom is 0.118 e. The molecule has 2 aliphatic heterocycles. The van der Waals surface area contributed by atoms with E-state index in [1.165, 1.54) is 31.9 Å². The van der Waals surface area contributed by atoms with Crippen molar-refractivity contribution in [3.8, 4) is 12.3 Å². The van der Waals surface area contributed by atoms with Crippen molar-refractivity contribution in [2.45, 2.75) is 51.4 Å². The highest BCUT2D eigenvalue weighted by Gasteiger charge is 2.39. The van der Waals surface area contributed by atoms with Crippen LogP contribution in [0.2, 0.25) is 0 Å². The summed E-state index contributed by atoms with van der Waals surface area (Å²) in [6, 6.07) is 13.4. The SMILES string of the molecule is C#CCN1CC(Cc2ccc([C@@H]3c4[nH]c5ccccc5c4C[C@@H](C)N3CC(C)(C)F)s2)C1. The van der Waals surface area contributed by atoms with Crippen molar-refractivity contribution in [3.63, 3.8) is 0 Å². The monoisotopic (exact) mass is 449 g/mol. The van der Waals surface area contributed by atoms with Gasteiger partial charge in [0.1, 0.15) is 5.67 Å². The van der Waals surface area contributed by atoms with Gasteiger partial charge in [-0.05, 0) is 63.3 Å². The largest absolute Gasteiger partial charge is 0.357 e. The van der Waals surface area contributed by atoms with Gasteiger partial charge in [-0.25, -0.2) is 4.39 Å². The number of aromatic amines is 1. The lowest BCUT2D eigenvalue weighted by atomic mass is 9.90. The highest BCUT2D eigenvalue weighted by molar-refractivity contribution is 7.12. The predicted octanol–water partition coefficient (Wildman–Crippen LogP) is 5.42. The van der Waals surface area contributed by atoms with Gasteiger partial charge in [-0.3, -0.25) is 9.80 Å². The molecule has 0 radical (unpaired) electrons. The van der Waals surface area contributed by atoms with Gasteiger partial charge >= 0.3 is 0 Å². The number of benzene rings is 1. The van der Waals surface area contributed by atoms with Crippen LogP contribution >= 0.6 is 11.3 Å². The molecule has 3 nitrogen and oxygen atoms in total. The van der Waals surface area contributed by atoms with Crippen molar-refractivity contribution in [3.05, 3.63) is 57.4 Å². The van der Waals surface area contributed by atoms with Crippen LogP contribution in [0.25, 0.3) is 10.9 Å². The zero-order valence-corrected chi connectivity index (χ0v) is 20.0. The molecule has 1 N–H and O–H groups in total. The third kappa shape index (κ3) is 4.12. The fourth-order valence-electron chi connectivity index (χ4n) is 5.49. The number of hydrogen-bond donors (Lipinski definition) is 1. The minimum Gasteiger partial charge on any atom is -0.357 e. The number of alkyl halides is 1. The number of hydrogen-bond acceptors (Lipinski definition) is 3. The number of aromatic nitrogens is 1. The Morgan fingerprint density at radius 3 is 2.75 bits per heavy atom. The Morgan fingerprint density at radius 1 is 1.22 bits per heavy atom. The van der Waals surface area contributed by atoms with Crippen molar-refractivity contribution in [1.82, 2.24) is 14.8 Å². The summed E-state index contributed by atoms with van der Waals surface area (Å²) >= 11 is 1.89. The first-order valence-electron chi connectivity index (χ1n) is 11.6. The molecule has 168 valence electrons. The first kappa shape index (κ1) is 21.7. The third-order valence-electron chi connectivity index (χ3n) is 6.87. The van der Waals surface area contributed by atoms with Crippen LogP contribution in [0.15, 0.2) is 36.4 Å². The Labute approximate surface area is 194 Å². The number of likely N-dealkylation sites (tertiary alicyclic amines) is 1. The Hall–Kier alpha value is -2.13. The summed E-state index contributed by atoms with van der Waals surface area (Å²) in [7, 11) is 0. The van der Waals surface area contributed by atoms with Gasteiger partial charge in [0.25, 0.3) is 0 Å². The Balaban J connectivity index is 1.47. The van der Waals surface area contributed by atoms with Crippen molar-refractivity contribution < 1.29 is 4.39 Å². The van der Waals surface area contributed by atoms with Crippen molar-refractivity contribution in [2.24, 2.45) is 5.92 Å². The highest BCUT2D eigenvalue weighted by Crippen LogP contribution is 2.43. The molecule has 0 aliphatic carbocycles. The second kappa shape index (κ2) is 8.33. The van der Waals surface area contributed by atoms with Crippen LogP contribution < -0.4 is 0 Å². The Kier molecular flexibility index (Phi) is 5.65. The molecule has 0 spiro atoms. The average molecular weight is 450 g/mol. The number of para-hydroxylation sites is 1. The smallest absolute Gasteiger partial charge is 0.118 e. The Morgan fingerprint density at radius 2 is 2.00 bits per heavy atom. The summed E-state index contributed by atoms with van der Waals surface area (Å²) in [6.45, 7) is 8.98. The van der Waals surface area contributed by atoms with E-state index < -0.39 is 5.67 Å². The summed E-state index contributed by atoms with van der Waals surface area (Å²) in [5.41, 5.74) is 2.56. The maximum atomic E-state index is 14.9. The lowest BCUT2D eigenvalue weighted by Crippen LogP contribution is -2.47. The molecule has 0 saturated carbocycles. The summed E-state index contributed by atoms with van der Waals surface area (Å²) in [5.74, 6) is 3.42. The number of nitrogens with one attached hydrogen (secondary N) is 1. The van der Waals surface area contributed by atoms with Crippen LogP contribution in [0.1, 0.15) is 47.8 Å². The van der Waals surface area contributed by atoms with Crippen LogP contribution in [0.4, 0.5) is 4.39 Å². The van der Waals surface area contributed by atoms with Crippen LogP contribution in [0.3, 0.4) is 0 Å². The molecule has 3 aromatic rings. The minimum absolute atomic E-state index is 0.0641. The molecule has 5 rings (SSSR count). The summed E-state index contributed by atoms with van der Waals surface area (Å²) in [5, 5.41) is 1.30. The number of thiophene rings is 1. The molecular weight excluding hydrogens is 417 g/mol. The van der Waals surface area contributed by atoms with Gasteiger partial charge in [-0.2, -0.15) is 0 Å². The van der Waals surface area contributed by atoms with Crippen LogP contribution in [0.5, 0.6) is 0 Å². The zero-order valence-electron chi connectivity index (χ0n) is 19.2. The van der Waals surface area contributed by atoms with Gasteiger partial charge in [0.2, 0.25) is 0 Å². The molecular formula is C27H32FN3S. The van der Waals surface area contributed by atoms with Crippen LogP contribution in [-0.2, 0) is 12.8 Å². The molecule has 2 aromatic heterocycles. The minimum atomic E-state index is -1.25. The fraction of sp³-hybridized carbons (Fsp3) is 0.481. The second-order valence-electron chi connectivity index (χ2n) is 10.2. The summed E-state index contributed by atoms with van der Waals surface area (Å²) in [4.78, 5) is 11.1. The van der Waals surface area contributed by atoms with E-state index in [1.807, 2.05) is 11.3 Å². The van der Waals surface area contributed by atoms with Crippen molar-refractivity contribution in [2.75, 3.05) is 26.2 Å². The molecule has 4 heterocycles. The maximum absolute atomic E-state index is 14.9. The molecule has 1 aromatic carbocycles. The molecule has 0 unspecified atom stereocenters. The Bertz CT molecular complexity index is 1140. The summed E-state index contributed by atoms with van der Waals surface area (Å²) < 4.78 is 14.9. The number of halogens is 1. The number of rotatable bonds is 6. The molecule has 1 fully saturated rings. The number of fused-ring (bicyclic) bond motifs is 3. The second-order valence-corrected chi connectivity index (χ2v) is 11.4. The van der Waals surface area contributed by atoms with Crippen molar-refractivity contribution >= 4 is 22.2 Å². The molecule has 0 amide bonds. The normalized spacial score (nSPS) is 22.6. The number of terminal acetylenes is 1. The van der Waals surface area contributed by atoms with Gasteiger partial charge < -0.3 is 4.98 Å². The van der Waals surface area contributed by atoms with Crippen molar-refractivity contribution in [1.29, 1.82) is 0 Å². The number of H-pyrrole nitrogens is 1. The third-order valence-corrected chi connectivity index (χ3v) is 8.03.